The number of rotatable bonds is 5. The SMILES string of the molecule is Cc1ccc2c(N3CCC[C@@H](NC(=O)OCC(C)C)C3)nc(-c3ccccc3O)nc2c1.[HH]. The highest BCUT2D eigenvalue weighted by Gasteiger charge is 2.25. The molecule has 2 N–H and O–H groups in total. The lowest BCUT2D eigenvalue weighted by molar-refractivity contribution is 0.128. The van der Waals surface area contributed by atoms with Crippen molar-refractivity contribution in [1.29, 1.82) is 0 Å². The summed E-state index contributed by atoms with van der Waals surface area (Å²) in [6.07, 6.45) is 1.45. The predicted octanol–water partition coefficient (Wildman–Crippen LogP) is 4.91. The van der Waals surface area contributed by atoms with E-state index in [4.69, 9.17) is 14.7 Å². The first-order valence-corrected chi connectivity index (χ1v) is 11.2. The zero-order chi connectivity index (χ0) is 22.7. The van der Waals surface area contributed by atoms with Crippen LogP contribution in [0.15, 0.2) is 42.5 Å². The Kier molecular flexibility index (Phi) is 6.44. The number of anilines is 1. The standard InChI is InChI=1S/C25H30N4O3.H2/c1-16(2)15-32-25(31)26-18-7-6-12-29(14-18)24-19-11-10-17(3)13-21(19)27-23(28-24)20-8-4-5-9-22(20)30;/h4-5,8-11,13,16,18,30H,6-7,12,14-15H2,1-3H3,(H,26,31);1H/t18-;/m1./s1. The van der Waals surface area contributed by atoms with Crippen molar-refractivity contribution in [2.45, 2.75) is 39.7 Å². The zero-order valence-electron chi connectivity index (χ0n) is 18.8. The van der Waals surface area contributed by atoms with E-state index in [1.807, 2.05) is 45.0 Å². The lowest BCUT2D eigenvalue weighted by atomic mass is 10.0. The average molecular weight is 437 g/mol. The maximum atomic E-state index is 12.2. The van der Waals surface area contributed by atoms with Crippen molar-refractivity contribution in [2.75, 3.05) is 24.6 Å². The molecule has 0 unspecified atom stereocenters. The molecule has 1 aliphatic rings. The molecule has 0 radical (unpaired) electrons. The summed E-state index contributed by atoms with van der Waals surface area (Å²) in [4.78, 5) is 24.0. The molecule has 7 nitrogen and oxygen atoms in total. The lowest BCUT2D eigenvalue weighted by Gasteiger charge is -2.34. The molecule has 1 fully saturated rings. The highest BCUT2D eigenvalue weighted by molar-refractivity contribution is 5.92. The summed E-state index contributed by atoms with van der Waals surface area (Å²) in [5.74, 6) is 1.75. The van der Waals surface area contributed by atoms with Crippen molar-refractivity contribution in [3.05, 3.63) is 48.0 Å². The number of ether oxygens (including phenoxy) is 1. The number of carbonyl (C=O) groups excluding carboxylic acids is 1. The fourth-order valence-electron chi connectivity index (χ4n) is 3.99. The molecule has 0 saturated carbocycles. The molecular weight excluding hydrogens is 404 g/mol. The average Bonchev–Trinajstić information content (AvgIpc) is 2.77. The van der Waals surface area contributed by atoms with E-state index in [9.17, 15) is 9.90 Å². The third kappa shape index (κ3) is 4.93. The Bertz CT molecular complexity index is 1120. The number of alkyl carbamates (subject to hydrolysis) is 1. The van der Waals surface area contributed by atoms with Crippen LogP contribution < -0.4 is 10.2 Å². The Hall–Kier alpha value is -3.35. The Balaban J connectivity index is 0.00000306. The number of hydrogen-bond acceptors (Lipinski definition) is 6. The van der Waals surface area contributed by atoms with Gasteiger partial charge in [0.25, 0.3) is 0 Å². The summed E-state index contributed by atoms with van der Waals surface area (Å²) in [6.45, 7) is 7.93. The van der Waals surface area contributed by atoms with Crippen molar-refractivity contribution in [3.63, 3.8) is 0 Å². The van der Waals surface area contributed by atoms with E-state index in [2.05, 4.69) is 16.3 Å². The minimum absolute atomic E-state index is 0. The topological polar surface area (TPSA) is 87.6 Å². The molecule has 32 heavy (non-hydrogen) atoms. The number of aryl methyl sites for hydroxylation is 1. The number of aromatic nitrogens is 2. The van der Waals surface area contributed by atoms with E-state index in [-0.39, 0.29) is 19.3 Å². The van der Waals surface area contributed by atoms with Gasteiger partial charge in [0.05, 0.1) is 17.7 Å². The van der Waals surface area contributed by atoms with E-state index in [0.29, 0.717) is 30.5 Å². The van der Waals surface area contributed by atoms with Gasteiger partial charge in [0.2, 0.25) is 0 Å². The van der Waals surface area contributed by atoms with Crippen molar-refractivity contribution < 1.29 is 16.1 Å². The quantitative estimate of drug-likeness (QED) is 0.591. The molecular formula is C25H32N4O3. The van der Waals surface area contributed by atoms with Crippen LogP contribution in [0, 0.1) is 12.8 Å². The number of phenolic OH excluding ortho intramolecular Hbond substituents is 1. The highest BCUT2D eigenvalue weighted by Crippen LogP contribution is 2.33. The molecule has 4 rings (SSSR count). The fourth-order valence-corrected chi connectivity index (χ4v) is 3.99. The molecule has 1 aromatic heterocycles. The van der Waals surface area contributed by atoms with Crippen LogP contribution in [0.25, 0.3) is 22.3 Å². The van der Waals surface area contributed by atoms with Gasteiger partial charge in [-0.2, -0.15) is 0 Å². The van der Waals surface area contributed by atoms with E-state index >= 15 is 0 Å². The number of aromatic hydroxyl groups is 1. The van der Waals surface area contributed by atoms with Gasteiger partial charge in [-0.25, -0.2) is 14.8 Å². The number of benzene rings is 2. The van der Waals surface area contributed by atoms with Crippen LogP contribution in [-0.4, -0.2) is 46.9 Å². The van der Waals surface area contributed by atoms with Crippen LogP contribution in [0.2, 0.25) is 0 Å². The minimum Gasteiger partial charge on any atom is -0.507 e. The smallest absolute Gasteiger partial charge is 0.407 e. The number of nitrogens with zero attached hydrogens (tertiary/aromatic N) is 3. The van der Waals surface area contributed by atoms with Crippen molar-refractivity contribution in [1.82, 2.24) is 15.3 Å². The summed E-state index contributed by atoms with van der Waals surface area (Å²) in [5, 5.41) is 14.3. The molecule has 7 heteroatoms. The molecule has 1 aliphatic heterocycles. The van der Waals surface area contributed by atoms with Crippen molar-refractivity contribution >= 4 is 22.8 Å². The second-order valence-corrected chi connectivity index (χ2v) is 8.83. The Labute approximate surface area is 189 Å². The molecule has 170 valence electrons. The van der Waals surface area contributed by atoms with Gasteiger partial charge in [0.15, 0.2) is 5.82 Å². The van der Waals surface area contributed by atoms with Gasteiger partial charge in [0.1, 0.15) is 11.6 Å². The fraction of sp³-hybridized carbons (Fsp3) is 0.400. The first-order chi connectivity index (χ1) is 15.4. The van der Waals surface area contributed by atoms with Gasteiger partial charge in [0, 0.05) is 25.9 Å². The maximum Gasteiger partial charge on any atom is 0.407 e. The number of carbonyl (C=O) groups is 1. The molecule has 0 aliphatic carbocycles. The largest absolute Gasteiger partial charge is 0.507 e. The molecule has 2 aromatic carbocycles. The second kappa shape index (κ2) is 9.42. The van der Waals surface area contributed by atoms with E-state index in [1.165, 1.54) is 0 Å². The van der Waals surface area contributed by atoms with Crippen LogP contribution in [-0.2, 0) is 4.74 Å². The highest BCUT2D eigenvalue weighted by atomic mass is 16.5. The van der Waals surface area contributed by atoms with Gasteiger partial charge in [-0.05, 0) is 55.5 Å². The van der Waals surface area contributed by atoms with E-state index in [1.54, 1.807) is 12.1 Å². The summed E-state index contributed by atoms with van der Waals surface area (Å²) in [5.41, 5.74) is 2.54. The van der Waals surface area contributed by atoms with Gasteiger partial charge in [-0.15, -0.1) is 0 Å². The summed E-state index contributed by atoms with van der Waals surface area (Å²) in [7, 11) is 0. The van der Waals surface area contributed by atoms with Crippen LogP contribution in [0.4, 0.5) is 10.6 Å². The zero-order valence-corrected chi connectivity index (χ0v) is 18.8. The second-order valence-electron chi connectivity index (χ2n) is 8.83. The van der Waals surface area contributed by atoms with Gasteiger partial charge < -0.3 is 20.1 Å². The Morgan fingerprint density at radius 2 is 2.09 bits per heavy atom. The molecule has 0 spiro atoms. The summed E-state index contributed by atoms with van der Waals surface area (Å²) < 4.78 is 5.30. The number of para-hydroxylation sites is 1. The van der Waals surface area contributed by atoms with Crippen molar-refractivity contribution in [2.24, 2.45) is 5.92 Å². The first-order valence-electron chi connectivity index (χ1n) is 11.2. The predicted molar refractivity (Wildman–Crippen MR) is 128 cm³/mol. The molecule has 2 heterocycles. The summed E-state index contributed by atoms with van der Waals surface area (Å²) >= 11 is 0. The molecule has 0 bridgehead atoms. The molecule has 1 atom stereocenters. The minimum atomic E-state index is -0.372. The van der Waals surface area contributed by atoms with Crippen LogP contribution in [0.5, 0.6) is 5.75 Å². The molecule has 1 saturated heterocycles. The lowest BCUT2D eigenvalue weighted by Crippen LogP contribution is -2.48. The van der Waals surface area contributed by atoms with Gasteiger partial charge in [-0.3, -0.25) is 0 Å². The first kappa shape index (κ1) is 21.9. The van der Waals surface area contributed by atoms with Gasteiger partial charge >= 0.3 is 6.09 Å². The Morgan fingerprint density at radius 3 is 2.88 bits per heavy atom. The van der Waals surface area contributed by atoms with Crippen molar-refractivity contribution in [3.8, 4) is 17.1 Å². The number of amides is 1. The van der Waals surface area contributed by atoms with Crippen LogP contribution in [0.3, 0.4) is 0 Å². The third-order valence-electron chi connectivity index (χ3n) is 5.57. The molecule has 1 amide bonds. The number of hydrogen-bond donors (Lipinski definition) is 2. The normalized spacial score (nSPS) is 16.4. The monoisotopic (exact) mass is 436 g/mol. The third-order valence-corrected chi connectivity index (χ3v) is 5.57. The van der Waals surface area contributed by atoms with Gasteiger partial charge in [-0.1, -0.05) is 32.0 Å². The number of piperidine rings is 1. The van der Waals surface area contributed by atoms with Crippen LogP contribution >= 0.6 is 0 Å². The number of phenols is 1. The number of nitrogens with one attached hydrogen (secondary N) is 1. The molecule has 3 aromatic rings. The van der Waals surface area contributed by atoms with E-state index in [0.717, 1.165) is 41.7 Å². The Morgan fingerprint density at radius 1 is 1.28 bits per heavy atom. The van der Waals surface area contributed by atoms with E-state index < -0.39 is 0 Å². The van der Waals surface area contributed by atoms with Crippen LogP contribution in [0.1, 0.15) is 33.7 Å². The number of fused-ring (bicyclic) bond motifs is 1. The maximum absolute atomic E-state index is 12.2. The summed E-state index contributed by atoms with van der Waals surface area (Å²) in [6, 6.07) is 13.2.